The number of anilines is 1. The highest BCUT2D eigenvalue weighted by atomic mass is 16.1. The van der Waals surface area contributed by atoms with Crippen LogP contribution in [-0.4, -0.2) is 30.6 Å². The highest BCUT2D eigenvalue weighted by Gasteiger charge is 2.17. The molecule has 0 saturated heterocycles. The van der Waals surface area contributed by atoms with Crippen LogP contribution >= 0.6 is 0 Å². The number of hydrogen-bond acceptors (Lipinski definition) is 6. The molecule has 0 aromatic carbocycles. The molecule has 0 saturated carbocycles. The van der Waals surface area contributed by atoms with Gasteiger partial charge in [-0.25, -0.2) is 15.0 Å². The van der Waals surface area contributed by atoms with Crippen LogP contribution in [0.3, 0.4) is 0 Å². The van der Waals surface area contributed by atoms with E-state index in [1.165, 1.54) is 12.5 Å². The molecule has 8 nitrogen and oxygen atoms in total. The van der Waals surface area contributed by atoms with E-state index < -0.39 is 0 Å². The van der Waals surface area contributed by atoms with Crippen LogP contribution in [0.15, 0.2) is 12.5 Å². The Hall–Kier alpha value is -2.51. The zero-order chi connectivity index (χ0) is 14.0. The van der Waals surface area contributed by atoms with Gasteiger partial charge in [0, 0.05) is 13.2 Å². The Morgan fingerprint density at radius 2 is 2.21 bits per heavy atom. The summed E-state index contributed by atoms with van der Waals surface area (Å²) in [6.07, 6.45) is 2.85. The van der Waals surface area contributed by atoms with Crippen molar-refractivity contribution in [2.45, 2.75) is 19.9 Å². The first-order chi connectivity index (χ1) is 8.99. The summed E-state index contributed by atoms with van der Waals surface area (Å²) in [5.74, 6) is 0.547. The number of aryl methyl sites for hydroxylation is 2. The Morgan fingerprint density at radius 1 is 1.47 bits per heavy atom. The van der Waals surface area contributed by atoms with Gasteiger partial charge in [-0.3, -0.25) is 9.48 Å². The van der Waals surface area contributed by atoms with Crippen molar-refractivity contribution in [3.05, 3.63) is 29.6 Å². The summed E-state index contributed by atoms with van der Waals surface area (Å²) in [6, 6.07) is -0.267. The summed E-state index contributed by atoms with van der Waals surface area (Å²) < 4.78 is 1.61. The standard InChI is InChI=1S/C11H15N7O/c1-6-8(4-13-11(12)17-6)10(19)16-7(2)9-14-5-15-18(9)3/h4-5,7H,1-3H3,(H,16,19)(H2,12,13,17). The lowest BCUT2D eigenvalue weighted by Crippen LogP contribution is -2.29. The molecule has 100 valence electrons. The van der Waals surface area contributed by atoms with Gasteiger partial charge in [-0.1, -0.05) is 0 Å². The van der Waals surface area contributed by atoms with Gasteiger partial charge in [-0.05, 0) is 13.8 Å². The number of hydrogen-bond donors (Lipinski definition) is 2. The second kappa shape index (κ2) is 5.01. The topological polar surface area (TPSA) is 112 Å². The molecule has 2 heterocycles. The molecule has 0 spiro atoms. The average Bonchev–Trinajstić information content (AvgIpc) is 2.75. The number of amides is 1. The van der Waals surface area contributed by atoms with E-state index in [9.17, 15) is 4.79 Å². The maximum atomic E-state index is 12.1. The van der Waals surface area contributed by atoms with Crippen molar-refractivity contribution in [2.24, 2.45) is 7.05 Å². The molecule has 19 heavy (non-hydrogen) atoms. The lowest BCUT2D eigenvalue weighted by molar-refractivity contribution is 0.0936. The third-order valence-corrected chi connectivity index (χ3v) is 2.72. The molecule has 2 rings (SSSR count). The SMILES string of the molecule is Cc1nc(N)ncc1C(=O)NC(C)c1ncnn1C. The fraction of sp³-hybridized carbons (Fsp3) is 0.364. The maximum absolute atomic E-state index is 12.1. The number of carbonyl (C=O) groups is 1. The van der Waals surface area contributed by atoms with E-state index in [4.69, 9.17) is 5.73 Å². The summed E-state index contributed by atoms with van der Waals surface area (Å²) in [4.78, 5) is 24.0. The summed E-state index contributed by atoms with van der Waals surface area (Å²) in [6.45, 7) is 3.54. The van der Waals surface area contributed by atoms with Gasteiger partial charge in [0.2, 0.25) is 5.95 Å². The van der Waals surface area contributed by atoms with Crippen molar-refractivity contribution in [3.8, 4) is 0 Å². The largest absolute Gasteiger partial charge is 0.368 e. The van der Waals surface area contributed by atoms with Gasteiger partial charge >= 0.3 is 0 Å². The molecule has 1 unspecified atom stereocenters. The van der Waals surface area contributed by atoms with Crippen LogP contribution in [-0.2, 0) is 7.05 Å². The maximum Gasteiger partial charge on any atom is 0.255 e. The van der Waals surface area contributed by atoms with E-state index >= 15 is 0 Å². The number of aromatic nitrogens is 5. The highest BCUT2D eigenvalue weighted by molar-refractivity contribution is 5.95. The van der Waals surface area contributed by atoms with Gasteiger partial charge < -0.3 is 11.1 Å². The molecule has 3 N–H and O–H groups in total. The van der Waals surface area contributed by atoms with Gasteiger partial charge in [0.05, 0.1) is 17.3 Å². The van der Waals surface area contributed by atoms with Gasteiger partial charge in [-0.15, -0.1) is 0 Å². The Balaban J connectivity index is 2.15. The molecule has 0 radical (unpaired) electrons. The third kappa shape index (κ3) is 2.67. The van der Waals surface area contributed by atoms with Crippen LogP contribution in [0.25, 0.3) is 0 Å². The molecule has 8 heteroatoms. The Bertz CT molecular complexity index is 607. The van der Waals surface area contributed by atoms with Gasteiger partial charge in [0.1, 0.15) is 12.2 Å². The summed E-state index contributed by atoms with van der Waals surface area (Å²) in [5, 5.41) is 6.78. The summed E-state index contributed by atoms with van der Waals surface area (Å²) in [7, 11) is 1.77. The molecule has 0 fully saturated rings. The molecule has 1 amide bonds. The van der Waals surface area contributed by atoms with Crippen molar-refractivity contribution in [1.82, 2.24) is 30.0 Å². The van der Waals surface area contributed by atoms with Gasteiger partial charge in [0.15, 0.2) is 0 Å². The molecule has 2 aromatic heterocycles. The van der Waals surface area contributed by atoms with E-state index in [0.29, 0.717) is 17.1 Å². The van der Waals surface area contributed by atoms with Crippen LogP contribution < -0.4 is 11.1 Å². The number of nitrogens with two attached hydrogens (primary N) is 1. The fourth-order valence-electron chi connectivity index (χ4n) is 1.74. The number of rotatable bonds is 3. The van der Waals surface area contributed by atoms with Crippen LogP contribution in [0, 0.1) is 6.92 Å². The lowest BCUT2D eigenvalue weighted by Gasteiger charge is -2.13. The van der Waals surface area contributed by atoms with E-state index in [-0.39, 0.29) is 17.9 Å². The monoisotopic (exact) mass is 261 g/mol. The van der Waals surface area contributed by atoms with Crippen molar-refractivity contribution >= 4 is 11.9 Å². The molecule has 0 aliphatic heterocycles. The average molecular weight is 261 g/mol. The Kier molecular flexibility index (Phi) is 3.41. The first kappa shape index (κ1) is 12.9. The summed E-state index contributed by atoms with van der Waals surface area (Å²) >= 11 is 0. The van der Waals surface area contributed by atoms with Crippen LogP contribution in [0.1, 0.15) is 34.8 Å². The predicted molar refractivity (Wildman–Crippen MR) is 68.1 cm³/mol. The minimum Gasteiger partial charge on any atom is -0.368 e. The Labute approximate surface area is 110 Å². The number of nitrogen functional groups attached to an aromatic ring is 1. The van der Waals surface area contributed by atoms with Crippen LogP contribution in [0.4, 0.5) is 5.95 Å². The second-order valence-electron chi connectivity index (χ2n) is 4.16. The highest BCUT2D eigenvalue weighted by Crippen LogP contribution is 2.10. The third-order valence-electron chi connectivity index (χ3n) is 2.72. The smallest absolute Gasteiger partial charge is 0.255 e. The molecular formula is C11H15N7O. The molecular weight excluding hydrogens is 246 g/mol. The summed E-state index contributed by atoms with van der Waals surface area (Å²) in [5.41, 5.74) is 6.38. The first-order valence-electron chi connectivity index (χ1n) is 5.73. The van der Waals surface area contributed by atoms with Crippen LogP contribution in [0.2, 0.25) is 0 Å². The van der Waals surface area contributed by atoms with Crippen LogP contribution in [0.5, 0.6) is 0 Å². The van der Waals surface area contributed by atoms with E-state index in [2.05, 4.69) is 25.4 Å². The predicted octanol–water partition coefficient (Wildman–Crippen LogP) is -0.0133. The quantitative estimate of drug-likeness (QED) is 0.803. The molecule has 0 aliphatic rings. The van der Waals surface area contributed by atoms with E-state index in [0.717, 1.165) is 0 Å². The van der Waals surface area contributed by atoms with E-state index in [1.54, 1.807) is 18.7 Å². The molecule has 2 aromatic rings. The zero-order valence-electron chi connectivity index (χ0n) is 11.0. The zero-order valence-corrected chi connectivity index (χ0v) is 11.0. The lowest BCUT2D eigenvalue weighted by atomic mass is 10.2. The minimum atomic E-state index is -0.270. The number of nitrogens with zero attached hydrogens (tertiary/aromatic N) is 5. The van der Waals surface area contributed by atoms with Crippen molar-refractivity contribution in [2.75, 3.05) is 5.73 Å². The second-order valence-corrected chi connectivity index (χ2v) is 4.16. The number of carbonyl (C=O) groups excluding carboxylic acids is 1. The molecule has 0 aliphatic carbocycles. The van der Waals surface area contributed by atoms with E-state index in [1.807, 2.05) is 6.92 Å². The van der Waals surface area contributed by atoms with Crippen molar-refractivity contribution in [1.29, 1.82) is 0 Å². The van der Waals surface area contributed by atoms with Gasteiger partial charge in [0.25, 0.3) is 5.91 Å². The number of nitrogens with one attached hydrogen (secondary N) is 1. The minimum absolute atomic E-state index is 0.149. The van der Waals surface area contributed by atoms with Crippen molar-refractivity contribution in [3.63, 3.8) is 0 Å². The van der Waals surface area contributed by atoms with Gasteiger partial charge in [-0.2, -0.15) is 5.10 Å². The fourth-order valence-corrected chi connectivity index (χ4v) is 1.74. The molecule has 1 atom stereocenters. The first-order valence-corrected chi connectivity index (χ1v) is 5.73. The molecule has 0 bridgehead atoms. The van der Waals surface area contributed by atoms with Crippen molar-refractivity contribution < 1.29 is 4.79 Å². The Morgan fingerprint density at radius 3 is 2.79 bits per heavy atom. The normalized spacial score (nSPS) is 12.2.